The molecule has 0 aliphatic carbocycles. The summed E-state index contributed by atoms with van der Waals surface area (Å²) >= 11 is 7.03. The third-order valence-electron chi connectivity index (χ3n) is 4.77. The Kier molecular flexibility index (Phi) is 5.99. The lowest BCUT2D eigenvalue weighted by molar-refractivity contribution is 0.848. The average molecular weight is 550 g/mol. The van der Waals surface area contributed by atoms with Crippen molar-refractivity contribution in [3.63, 3.8) is 0 Å². The zero-order valence-corrected chi connectivity index (χ0v) is 20.1. The fraction of sp³-hybridized carbons (Fsp3) is 0.0909. The zero-order chi connectivity index (χ0) is 22.8. The van der Waals surface area contributed by atoms with E-state index in [1.54, 1.807) is 0 Å². The fourth-order valence-corrected chi connectivity index (χ4v) is 3.67. The Morgan fingerprint density at radius 3 is 1.50 bits per heavy atom. The summed E-state index contributed by atoms with van der Waals surface area (Å²) in [5.41, 5.74) is 4.08. The van der Waals surface area contributed by atoms with E-state index in [-0.39, 0.29) is 22.8 Å². The van der Waals surface area contributed by atoms with Crippen molar-refractivity contribution < 1.29 is 0 Å². The van der Waals surface area contributed by atoms with Crippen LogP contribution in [0.15, 0.2) is 68.0 Å². The molecule has 0 bridgehead atoms. The molecule has 0 radical (unpaired) electrons. The lowest BCUT2D eigenvalue weighted by Crippen LogP contribution is -1.97. The molecule has 0 N–H and O–H groups in total. The van der Waals surface area contributed by atoms with E-state index >= 15 is 0 Å². The highest BCUT2D eigenvalue weighted by Crippen LogP contribution is 2.30. The number of rotatable bonds is 4. The summed E-state index contributed by atoms with van der Waals surface area (Å²) < 4.78 is 4.87. The quantitative estimate of drug-likeness (QED) is 0.276. The molecule has 32 heavy (non-hydrogen) atoms. The maximum Gasteiger partial charge on any atom is 0.195 e. The molecule has 8 nitrogen and oxygen atoms in total. The molecule has 10 heteroatoms. The number of hydrogen-bond acceptors (Lipinski definition) is 6. The molecule has 2 aromatic carbocycles. The van der Waals surface area contributed by atoms with Crippen molar-refractivity contribution in [2.75, 3.05) is 0 Å². The minimum Gasteiger partial charge on any atom is -0.212 e. The van der Waals surface area contributed by atoms with Crippen molar-refractivity contribution in [3.05, 3.63) is 80.0 Å². The minimum absolute atomic E-state index is 0.255. The van der Waals surface area contributed by atoms with Gasteiger partial charge in [-0.25, -0.2) is 9.36 Å². The molecule has 2 heterocycles. The van der Waals surface area contributed by atoms with Gasteiger partial charge >= 0.3 is 0 Å². The Morgan fingerprint density at radius 2 is 1.16 bits per heavy atom. The summed E-state index contributed by atoms with van der Waals surface area (Å²) in [4.78, 5) is 0. The van der Waals surface area contributed by atoms with Crippen LogP contribution in [-0.2, 0) is 0 Å². The van der Waals surface area contributed by atoms with E-state index in [0.29, 0.717) is 0 Å². The molecule has 0 amide bonds. The molecule has 0 atom stereocenters. The first-order valence-electron chi connectivity index (χ1n) is 9.34. The second kappa shape index (κ2) is 8.87. The molecule has 2 aromatic heterocycles. The van der Waals surface area contributed by atoms with Crippen LogP contribution in [0, 0.1) is 36.5 Å². The van der Waals surface area contributed by atoms with Crippen LogP contribution in [0.2, 0.25) is 0 Å². The number of benzene rings is 2. The van der Waals surface area contributed by atoms with E-state index in [9.17, 15) is 10.5 Å². The molecule has 0 unspecified atom stereocenters. The number of azo groups is 1. The maximum atomic E-state index is 9.54. The van der Waals surface area contributed by atoms with Gasteiger partial charge in [0, 0.05) is 8.95 Å². The summed E-state index contributed by atoms with van der Waals surface area (Å²) in [7, 11) is 0. The first-order valence-corrected chi connectivity index (χ1v) is 10.9. The van der Waals surface area contributed by atoms with Gasteiger partial charge in [-0.15, -0.1) is 10.2 Å². The number of nitriles is 2. The van der Waals surface area contributed by atoms with Crippen LogP contribution < -0.4 is 0 Å². The van der Waals surface area contributed by atoms with E-state index in [1.165, 1.54) is 21.8 Å². The SMILES string of the molecule is Cc1ccc(-n2ncc(C#N)c2/N=N/c2c(C#N)cnn2-c2ccc(C)c(Br)c2)cc1Br. The minimum atomic E-state index is 0.255. The Morgan fingerprint density at radius 1 is 0.750 bits per heavy atom. The van der Waals surface area contributed by atoms with Gasteiger partial charge in [0.15, 0.2) is 11.6 Å². The van der Waals surface area contributed by atoms with Crippen LogP contribution in [0.5, 0.6) is 0 Å². The lowest BCUT2D eigenvalue weighted by atomic mass is 10.2. The van der Waals surface area contributed by atoms with Crippen LogP contribution in [0.1, 0.15) is 22.3 Å². The predicted octanol–water partition coefficient (Wildman–Crippen LogP) is 6.36. The van der Waals surface area contributed by atoms with Crippen LogP contribution in [-0.4, -0.2) is 19.6 Å². The zero-order valence-electron chi connectivity index (χ0n) is 17.0. The normalized spacial score (nSPS) is 10.9. The van der Waals surface area contributed by atoms with Crippen LogP contribution >= 0.6 is 31.9 Å². The Bertz CT molecular complexity index is 1340. The first-order chi connectivity index (χ1) is 15.4. The molecule has 0 saturated heterocycles. The lowest BCUT2D eigenvalue weighted by Gasteiger charge is -2.07. The molecule has 156 valence electrons. The summed E-state index contributed by atoms with van der Waals surface area (Å²) in [6.07, 6.45) is 2.86. The number of nitrogens with zero attached hydrogens (tertiary/aromatic N) is 8. The summed E-state index contributed by atoms with van der Waals surface area (Å²) in [5.74, 6) is 0.509. The van der Waals surface area contributed by atoms with E-state index < -0.39 is 0 Å². The second-order valence-corrected chi connectivity index (χ2v) is 8.59. The molecule has 0 aliphatic rings. The van der Waals surface area contributed by atoms with Gasteiger partial charge in [0.1, 0.15) is 23.3 Å². The van der Waals surface area contributed by atoms with Crippen molar-refractivity contribution in [2.24, 2.45) is 10.2 Å². The largest absolute Gasteiger partial charge is 0.212 e. The monoisotopic (exact) mass is 548 g/mol. The number of aryl methyl sites for hydroxylation is 2. The van der Waals surface area contributed by atoms with Crippen molar-refractivity contribution in [1.82, 2.24) is 19.6 Å². The third kappa shape index (κ3) is 3.98. The van der Waals surface area contributed by atoms with Crippen LogP contribution in [0.25, 0.3) is 11.4 Å². The van der Waals surface area contributed by atoms with E-state index in [2.05, 4.69) is 64.4 Å². The van der Waals surface area contributed by atoms with Gasteiger partial charge in [-0.1, -0.05) is 44.0 Å². The molecule has 0 fully saturated rings. The van der Waals surface area contributed by atoms with Gasteiger partial charge in [0.05, 0.1) is 23.8 Å². The molecule has 0 saturated carbocycles. The van der Waals surface area contributed by atoms with Crippen molar-refractivity contribution in [1.29, 1.82) is 10.5 Å². The van der Waals surface area contributed by atoms with Crippen molar-refractivity contribution >= 4 is 43.5 Å². The summed E-state index contributed by atoms with van der Waals surface area (Å²) in [6.45, 7) is 3.96. The molecule has 4 rings (SSSR count). The van der Waals surface area contributed by atoms with Crippen molar-refractivity contribution in [3.8, 4) is 23.5 Å². The molecular formula is C22H14Br2N8. The summed E-state index contributed by atoms with van der Waals surface area (Å²) in [6, 6.07) is 15.6. The molecule has 0 aliphatic heterocycles. The second-order valence-electron chi connectivity index (χ2n) is 6.88. The first kappa shape index (κ1) is 21.6. The maximum absolute atomic E-state index is 9.54. The molecule has 0 spiro atoms. The van der Waals surface area contributed by atoms with E-state index in [0.717, 1.165) is 31.4 Å². The number of aromatic nitrogens is 4. The molecular weight excluding hydrogens is 536 g/mol. The fourth-order valence-electron chi connectivity index (χ4n) is 2.93. The third-order valence-corrected chi connectivity index (χ3v) is 6.48. The van der Waals surface area contributed by atoms with Crippen LogP contribution in [0.4, 0.5) is 11.6 Å². The van der Waals surface area contributed by atoms with E-state index in [4.69, 9.17) is 0 Å². The van der Waals surface area contributed by atoms with Gasteiger partial charge in [-0.05, 0) is 49.2 Å². The Balaban J connectivity index is 1.82. The number of halogens is 2. The highest BCUT2D eigenvalue weighted by molar-refractivity contribution is 9.10. The van der Waals surface area contributed by atoms with Crippen molar-refractivity contribution in [2.45, 2.75) is 13.8 Å². The predicted molar refractivity (Wildman–Crippen MR) is 126 cm³/mol. The topological polar surface area (TPSA) is 108 Å². The average Bonchev–Trinajstić information content (AvgIpc) is 3.39. The van der Waals surface area contributed by atoms with Gasteiger partial charge < -0.3 is 0 Å². The van der Waals surface area contributed by atoms with Gasteiger partial charge in [-0.2, -0.15) is 20.7 Å². The number of hydrogen-bond donors (Lipinski definition) is 0. The molecule has 4 aromatic rings. The van der Waals surface area contributed by atoms with Gasteiger partial charge in [0.25, 0.3) is 0 Å². The van der Waals surface area contributed by atoms with E-state index in [1.807, 2.05) is 50.2 Å². The summed E-state index contributed by atoms with van der Waals surface area (Å²) in [5, 5.41) is 36.3. The highest BCUT2D eigenvalue weighted by Gasteiger charge is 2.16. The Hall–Kier alpha value is -3.60. The Labute approximate surface area is 200 Å². The van der Waals surface area contributed by atoms with Crippen LogP contribution in [0.3, 0.4) is 0 Å². The highest BCUT2D eigenvalue weighted by atomic mass is 79.9. The van der Waals surface area contributed by atoms with Gasteiger partial charge in [0.2, 0.25) is 0 Å². The smallest absolute Gasteiger partial charge is 0.195 e. The van der Waals surface area contributed by atoms with Gasteiger partial charge in [-0.3, -0.25) is 0 Å². The standard InChI is InChI=1S/C22H14Br2N8/c1-13-3-5-17(7-19(13)23)31-21(15(9-25)11-27-31)29-30-22-16(10-26)12-28-32(22)18-6-4-14(2)20(24)8-18/h3-8,11-12H,1-2H3/b30-29+.